The summed E-state index contributed by atoms with van der Waals surface area (Å²) < 4.78 is 10.6. The number of para-hydroxylation sites is 1. The summed E-state index contributed by atoms with van der Waals surface area (Å²) in [6.07, 6.45) is -0.791. The monoisotopic (exact) mass is 373 g/mol. The summed E-state index contributed by atoms with van der Waals surface area (Å²) in [4.78, 5) is 31.6. The second-order valence-electron chi connectivity index (χ2n) is 5.59. The van der Waals surface area contributed by atoms with Crippen molar-refractivity contribution in [2.75, 3.05) is 12.8 Å². The molecule has 0 unspecified atom stereocenters. The van der Waals surface area contributed by atoms with Gasteiger partial charge in [0.1, 0.15) is 11.3 Å². The number of nitrogen functional groups attached to an aromatic ring is 1. The van der Waals surface area contributed by atoms with Gasteiger partial charge in [0.2, 0.25) is 0 Å². The lowest BCUT2D eigenvalue weighted by molar-refractivity contribution is 0.0316. The van der Waals surface area contributed by atoms with Crippen LogP contribution < -0.4 is 16.0 Å². The van der Waals surface area contributed by atoms with Crippen LogP contribution >= 0.6 is 11.6 Å². The van der Waals surface area contributed by atoms with Gasteiger partial charge in [0.25, 0.3) is 5.56 Å². The largest absolute Gasteiger partial charge is 0.496 e. The van der Waals surface area contributed by atoms with Crippen molar-refractivity contribution in [3.8, 4) is 5.75 Å². The molecule has 3 rings (SSSR count). The number of nitrogens with one attached hydrogen (secondary N) is 1. The van der Waals surface area contributed by atoms with Crippen molar-refractivity contribution in [3.63, 3.8) is 0 Å². The molecular weight excluding hydrogens is 358 g/mol. The number of carbonyl (C=O) groups excluding carboxylic acids is 1. The number of aromatic amines is 1. The number of aromatic nitrogens is 2. The summed E-state index contributed by atoms with van der Waals surface area (Å²) in [5, 5.41) is 0.671. The van der Waals surface area contributed by atoms with E-state index in [1.807, 2.05) is 0 Å². The van der Waals surface area contributed by atoms with E-state index in [0.717, 1.165) is 0 Å². The molecule has 8 heteroatoms. The molecule has 3 aromatic rings. The maximum Gasteiger partial charge on any atom is 0.342 e. The molecule has 1 aromatic heterocycles. The lowest BCUT2D eigenvalue weighted by atomic mass is 10.2. The van der Waals surface area contributed by atoms with Crippen LogP contribution in [0.4, 0.5) is 5.69 Å². The third-order valence-electron chi connectivity index (χ3n) is 3.84. The standard InChI is InChI=1S/C18H16ClN3O4/c1-9(16-21-14-6-4-3-5-10(14)17(23)22-16)26-18(24)11-7-12(19)13(20)8-15(11)25-2/h3-9H,20H2,1-2H3,(H,21,22,23)/t9-/m1/s1. The van der Waals surface area contributed by atoms with Gasteiger partial charge in [-0.15, -0.1) is 0 Å². The molecule has 7 nitrogen and oxygen atoms in total. The maximum absolute atomic E-state index is 12.5. The first-order valence-electron chi connectivity index (χ1n) is 7.73. The molecule has 0 saturated heterocycles. The molecule has 3 N–H and O–H groups in total. The number of H-pyrrole nitrogens is 1. The Morgan fingerprint density at radius 3 is 2.77 bits per heavy atom. The van der Waals surface area contributed by atoms with Gasteiger partial charge >= 0.3 is 5.97 Å². The number of halogens is 1. The molecule has 26 heavy (non-hydrogen) atoms. The third-order valence-corrected chi connectivity index (χ3v) is 4.17. The van der Waals surface area contributed by atoms with Crippen LogP contribution in [-0.4, -0.2) is 23.0 Å². The number of hydrogen-bond donors (Lipinski definition) is 2. The van der Waals surface area contributed by atoms with Crippen molar-refractivity contribution in [1.29, 1.82) is 0 Å². The number of hydrogen-bond acceptors (Lipinski definition) is 6. The lowest BCUT2D eigenvalue weighted by Gasteiger charge is -2.15. The van der Waals surface area contributed by atoms with Gasteiger partial charge < -0.3 is 20.2 Å². The summed E-state index contributed by atoms with van der Waals surface area (Å²) in [5.41, 5.74) is 6.34. The minimum atomic E-state index is -0.791. The van der Waals surface area contributed by atoms with E-state index in [0.29, 0.717) is 10.9 Å². The highest BCUT2D eigenvalue weighted by atomic mass is 35.5. The van der Waals surface area contributed by atoms with E-state index in [2.05, 4.69) is 9.97 Å². The number of carbonyl (C=O) groups is 1. The van der Waals surface area contributed by atoms with Crippen molar-refractivity contribution in [1.82, 2.24) is 9.97 Å². The van der Waals surface area contributed by atoms with Crippen molar-refractivity contribution in [2.24, 2.45) is 0 Å². The minimum Gasteiger partial charge on any atom is -0.496 e. The van der Waals surface area contributed by atoms with E-state index in [1.165, 1.54) is 19.2 Å². The summed E-state index contributed by atoms with van der Waals surface area (Å²) in [7, 11) is 1.41. The topological polar surface area (TPSA) is 107 Å². The minimum absolute atomic E-state index is 0.127. The van der Waals surface area contributed by atoms with Gasteiger partial charge in [-0.1, -0.05) is 23.7 Å². The van der Waals surface area contributed by atoms with E-state index >= 15 is 0 Å². The third kappa shape index (κ3) is 3.34. The number of anilines is 1. The van der Waals surface area contributed by atoms with Crippen LogP contribution in [0, 0.1) is 0 Å². The summed E-state index contributed by atoms with van der Waals surface area (Å²) in [5.74, 6) is -0.196. The SMILES string of the molecule is COc1cc(N)c(Cl)cc1C(=O)O[C@H](C)c1nc2ccccc2c(=O)[nH]1. The fraction of sp³-hybridized carbons (Fsp3) is 0.167. The molecule has 1 atom stereocenters. The van der Waals surface area contributed by atoms with Crippen LogP contribution in [-0.2, 0) is 4.74 Å². The number of methoxy groups -OCH3 is 1. The average molecular weight is 374 g/mol. The fourth-order valence-electron chi connectivity index (χ4n) is 2.47. The first kappa shape index (κ1) is 17.8. The number of esters is 1. The first-order valence-corrected chi connectivity index (χ1v) is 8.11. The molecule has 2 aromatic carbocycles. The molecule has 1 heterocycles. The van der Waals surface area contributed by atoms with Gasteiger partial charge in [0.15, 0.2) is 11.9 Å². The highest BCUT2D eigenvalue weighted by Gasteiger charge is 2.21. The lowest BCUT2D eigenvalue weighted by Crippen LogP contribution is -2.18. The van der Waals surface area contributed by atoms with E-state index in [9.17, 15) is 9.59 Å². The zero-order valence-electron chi connectivity index (χ0n) is 14.1. The van der Waals surface area contributed by atoms with E-state index in [-0.39, 0.29) is 33.4 Å². The normalized spacial score (nSPS) is 12.0. The van der Waals surface area contributed by atoms with Gasteiger partial charge in [-0.05, 0) is 25.1 Å². The Balaban J connectivity index is 1.91. The van der Waals surface area contributed by atoms with E-state index in [4.69, 9.17) is 26.8 Å². The molecule has 0 aliphatic carbocycles. The zero-order chi connectivity index (χ0) is 18.8. The molecule has 0 fully saturated rings. The van der Waals surface area contributed by atoms with Crippen LogP contribution in [0.15, 0.2) is 41.2 Å². The predicted octanol–water partition coefficient (Wildman–Crippen LogP) is 3.09. The molecule has 0 saturated carbocycles. The van der Waals surface area contributed by atoms with Crippen molar-refractivity contribution >= 4 is 34.2 Å². The van der Waals surface area contributed by atoms with Crippen LogP contribution in [0.5, 0.6) is 5.75 Å². The van der Waals surface area contributed by atoms with Gasteiger partial charge in [-0.2, -0.15) is 0 Å². The van der Waals surface area contributed by atoms with E-state index in [1.54, 1.807) is 31.2 Å². The van der Waals surface area contributed by atoms with Crippen molar-refractivity contribution in [2.45, 2.75) is 13.0 Å². The summed E-state index contributed by atoms with van der Waals surface area (Å²) in [6.45, 7) is 1.61. The molecule has 0 spiro atoms. The number of ether oxygens (including phenoxy) is 2. The summed E-state index contributed by atoms with van der Waals surface area (Å²) in [6, 6.07) is 9.73. The van der Waals surface area contributed by atoms with Gasteiger partial charge in [-0.25, -0.2) is 9.78 Å². The molecule has 0 aliphatic heterocycles. The quantitative estimate of drug-likeness (QED) is 0.537. The van der Waals surface area contributed by atoms with Crippen LogP contribution in [0.2, 0.25) is 5.02 Å². The Kier molecular flexibility index (Phi) is 4.81. The molecular formula is C18H16ClN3O4. The molecule has 134 valence electrons. The number of nitrogens with two attached hydrogens (primary N) is 1. The zero-order valence-corrected chi connectivity index (χ0v) is 14.8. The first-order chi connectivity index (χ1) is 12.4. The average Bonchev–Trinajstić information content (AvgIpc) is 2.63. The van der Waals surface area contributed by atoms with Crippen LogP contribution in [0.3, 0.4) is 0 Å². The molecule has 0 radical (unpaired) electrons. The highest BCUT2D eigenvalue weighted by molar-refractivity contribution is 6.33. The number of fused-ring (bicyclic) bond motifs is 1. The Morgan fingerprint density at radius 2 is 2.04 bits per heavy atom. The fourth-order valence-corrected chi connectivity index (χ4v) is 2.64. The summed E-state index contributed by atoms with van der Waals surface area (Å²) >= 11 is 5.98. The Hall–Kier alpha value is -3.06. The molecule has 0 bridgehead atoms. The Bertz CT molecular complexity index is 1050. The second kappa shape index (κ2) is 7.05. The highest BCUT2D eigenvalue weighted by Crippen LogP contribution is 2.30. The number of nitrogens with zero attached hydrogens (tertiary/aromatic N) is 1. The Labute approximate surface area is 153 Å². The van der Waals surface area contributed by atoms with Crippen LogP contribution in [0.25, 0.3) is 10.9 Å². The van der Waals surface area contributed by atoms with Crippen LogP contribution in [0.1, 0.15) is 29.2 Å². The second-order valence-corrected chi connectivity index (χ2v) is 6.00. The smallest absolute Gasteiger partial charge is 0.342 e. The van der Waals surface area contributed by atoms with Gasteiger partial charge in [-0.3, -0.25) is 4.79 Å². The van der Waals surface area contributed by atoms with Gasteiger partial charge in [0, 0.05) is 6.07 Å². The van der Waals surface area contributed by atoms with Crippen molar-refractivity contribution in [3.05, 3.63) is 63.2 Å². The number of rotatable bonds is 4. The maximum atomic E-state index is 12.5. The molecule has 0 amide bonds. The van der Waals surface area contributed by atoms with Gasteiger partial charge in [0.05, 0.1) is 28.7 Å². The molecule has 0 aliphatic rings. The predicted molar refractivity (Wildman–Crippen MR) is 98.6 cm³/mol. The van der Waals surface area contributed by atoms with Crippen molar-refractivity contribution < 1.29 is 14.3 Å². The van der Waals surface area contributed by atoms with E-state index < -0.39 is 12.1 Å². The number of benzene rings is 2. The Morgan fingerprint density at radius 1 is 1.31 bits per heavy atom.